The number of ether oxygens (including phenoxy) is 4. The normalized spacial score (nSPS) is 11.2. The van der Waals surface area contributed by atoms with Crippen LogP contribution in [-0.2, 0) is 37.3 Å². The molecular weight excluding hydrogens is 1200 g/mol. The zero-order valence-electron chi connectivity index (χ0n) is 39.9. The second kappa shape index (κ2) is 29.4. The number of nitrogens with zero attached hydrogens (tertiary/aromatic N) is 4. The summed E-state index contributed by atoms with van der Waals surface area (Å²) in [5.74, 6) is -7.47. The van der Waals surface area contributed by atoms with Gasteiger partial charge in [0.1, 0.15) is 16.2 Å². The predicted molar refractivity (Wildman–Crippen MR) is 258 cm³/mol. The van der Waals surface area contributed by atoms with Gasteiger partial charge in [0.2, 0.25) is 17.7 Å². The number of halogens is 10. The Labute approximate surface area is 452 Å². The Bertz CT molecular complexity index is 3310. The second-order valence-corrected chi connectivity index (χ2v) is 19.1. The second-order valence-electron chi connectivity index (χ2n) is 14.5. The molecule has 0 fully saturated rings. The first-order valence-electron chi connectivity index (χ1n) is 20.5. The van der Waals surface area contributed by atoms with Crippen LogP contribution in [-0.4, -0.2) is 122 Å². The highest BCUT2D eigenvalue weighted by molar-refractivity contribution is 7.90. The number of carboxylic acids is 3. The largest absolute Gasteiger partial charge is 0.494 e. The van der Waals surface area contributed by atoms with Gasteiger partial charge >= 0.3 is 62.6 Å². The highest BCUT2D eigenvalue weighted by atomic mass is 35.5. The average molecular weight is 1240 g/mol. The number of urea groups is 1. The fraction of sp³-hybridized carbons (Fsp3) is 0.244. The predicted octanol–water partition coefficient (Wildman–Crippen LogP) is 6.16. The van der Waals surface area contributed by atoms with Crippen molar-refractivity contribution >= 4 is 88.3 Å². The number of methoxy groups -OCH3 is 1. The molecule has 2 aromatic heterocycles. The van der Waals surface area contributed by atoms with E-state index in [4.69, 9.17) is 69.4 Å². The van der Waals surface area contributed by atoms with Gasteiger partial charge in [0.15, 0.2) is 5.75 Å². The van der Waals surface area contributed by atoms with E-state index in [1.54, 1.807) is 19.2 Å². The van der Waals surface area contributed by atoms with Gasteiger partial charge in [-0.05, 0) is 56.3 Å². The number of hydrogen-bond acceptors (Lipinski definition) is 17. The van der Waals surface area contributed by atoms with Crippen molar-refractivity contribution in [3.8, 4) is 23.2 Å². The quantitative estimate of drug-likeness (QED) is 0.0293. The Morgan fingerprint density at radius 1 is 0.797 bits per heavy atom. The number of esters is 1. The van der Waals surface area contributed by atoms with Gasteiger partial charge < -0.3 is 44.1 Å². The van der Waals surface area contributed by atoms with Crippen LogP contribution in [0.1, 0.15) is 50.6 Å². The molecule has 0 spiro atoms. The van der Waals surface area contributed by atoms with Gasteiger partial charge in [-0.15, -0.1) is 0 Å². The summed E-state index contributed by atoms with van der Waals surface area (Å²) in [6, 6.07) is 10.0. The topological polar surface area (TPSA) is 380 Å². The van der Waals surface area contributed by atoms with Crippen LogP contribution in [0.25, 0.3) is 5.69 Å². The Kier molecular flexibility index (Phi) is 25.1. The number of carbonyl (C=O) groups excluding carboxylic acids is 2. The van der Waals surface area contributed by atoms with Gasteiger partial charge in [0.25, 0.3) is 15.6 Å². The number of alkyl halides is 7. The van der Waals surface area contributed by atoms with Crippen molar-refractivity contribution in [1.29, 1.82) is 0 Å². The van der Waals surface area contributed by atoms with Crippen molar-refractivity contribution in [2.24, 2.45) is 7.05 Å². The molecular formula is C41H38Cl3F7N7O19PS. The van der Waals surface area contributed by atoms with Crippen molar-refractivity contribution in [1.82, 2.24) is 29.1 Å². The first kappa shape index (κ1) is 67.5. The summed E-state index contributed by atoms with van der Waals surface area (Å²) >= 11 is 17.3. The summed E-state index contributed by atoms with van der Waals surface area (Å²) in [6.07, 6.45) is -5.90. The lowest BCUT2D eigenvalue weighted by Gasteiger charge is -2.15. The number of nitrogens with one attached hydrogen (secondary N) is 3. The van der Waals surface area contributed by atoms with E-state index in [0.29, 0.717) is 21.3 Å². The van der Waals surface area contributed by atoms with Crippen LogP contribution < -0.4 is 40.8 Å². The molecule has 5 rings (SSSR count). The molecule has 0 aliphatic rings. The number of carboxylic acid groups (broad SMARTS) is 3. The third kappa shape index (κ3) is 21.6. The molecule has 0 aliphatic carbocycles. The molecule has 0 atom stereocenters. The number of aromatic nitrogens is 4. The van der Waals surface area contributed by atoms with Crippen LogP contribution in [0.5, 0.6) is 17.5 Å². The van der Waals surface area contributed by atoms with Crippen LogP contribution in [0.15, 0.2) is 81.2 Å². The molecule has 0 unspecified atom stereocenters. The van der Waals surface area contributed by atoms with Gasteiger partial charge in [0, 0.05) is 13.1 Å². The molecule has 38 heteroatoms. The number of sulfonamides is 1. The highest BCUT2D eigenvalue weighted by Crippen LogP contribution is 2.34. The molecule has 432 valence electrons. The summed E-state index contributed by atoms with van der Waals surface area (Å²) in [6.45, 7) is -4.02. The van der Waals surface area contributed by atoms with Crippen LogP contribution >= 0.6 is 42.4 Å². The first-order valence-corrected chi connectivity index (χ1v) is 24.9. The summed E-state index contributed by atoms with van der Waals surface area (Å²) in [5.41, 5.74) is -4.76. The molecule has 0 aliphatic heterocycles. The number of aromatic carboxylic acids is 2. The molecule has 5 aromatic rings. The molecule has 2 heterocycles. The minimum absolute atomic E-state index is 0.0104. The van der Waals surface area contributed by atoms with Gasteiger partial charge in [0.05, 0.1) is 64.0 Å². The van der Waals surface area contributed by atoms with Gasteiger partial charge in [-0.3, -0.25) is 29.4 Å². The smallest absolute Gasteiger partial charge is 0.431 e. The number of amides is 2. The number of hydrogen-bond donors (Lipinski definition) is 8. The number of carbonyl (C=O) groups is 5. The summed E-state index contributed by atoms with van der Waals surface area (Å²) in [7, 11) is -6.58. The summed E-state index contributed by atoms with van der Waals surface area (Å²) in [5, 5.41) is 29.9. The lowest BCUT2D eigenvalue weighted by Crippen LogP contribution is -2.40. The Morgan fingerprint density at radius 2 is 1.34 bits per heavy atom. The maximum atomic E-state index is 12.9. The number of aliphatic carboxylic acids is 1. The molecule has 0 saturated heterocycles. The maximum absolute atomic E-state index is 12.9. The van der Waals surface area contributed by atoms with E-state index in [1.807, 2.05) is 0 Å². The third-order valence-electron chi connectivity index (χ3n) is 8.41. The molecule has 3 aromatic carbocycles. The van der Waals surface area contributed by atoms with Gasteiger partial charge in [-0.25, -0.2) is 41.7 Å². The van der Waals surface area contributed by atoms with E-state index < -0.39 is 131 Å². The van der Waals surface area contributed by atoms with Gasteiger partial charge in [-0.1, -0.05) is 46.9 Å². The molecule has 2 amide bonds. The maximum Gasteiger partial charge on any atom is 0.431 e. The Morgan fingerprint density at radius 3 is 1.81 bits per heavy atom. The van der Waals surface area contributed by atoms with Crippen molar-refractivity contribution < 1.29 is 112 Å². The van der Waals surface area contributed by atoms with E-state index in [-0.39, 0.29) is 37.6 Å². The van der Waals surface area contributed by atoms with Crippen LogP contribution in [0, 0.1) is 0 Å². The van der Waals surface area contributed by atoms with E-state index in [1.165, 1.54) is 48.2 Å². The van der Waals surface area contributed by atoms with Crippen molar-refractivity contribution in [3.63, 3.8) is 0 Å². The molecule has 26 nitrogen and oxygen atoms in total. The zero-order chi connectivity index (χ0) is 60.5. The van der Waals surface area contributed by atoms with Crippen LogP contribution in [0.4, 0.5) is 41.5 Å². The summed E-state index contributed by atoms with van der Waals surface area (Å²) in [4.78, 5) is 102. The van der Waals surface area contributed by atoms with Crippen molar-refractivity contribution in [3.05, 3.63) is 125 Å². The summed E-state index contributed by atoms with van der Waals surface area (Å²) < 4.78 is 142. The highest BCUT2D eigenvalue weighted by Gasteiger charge is 2.35. The molecule has 8 N–H and O–H groups in total. The van der Waals surface area contributed by atoms with E-state index in [9.17, 15) is 77.3 Å². The Hall–Kier alpha value is -7.59. The fourth-order valence-electron chi connectivity index (χ4n) is 5.41. The molecule has 79 heavy (non-hydrogen) atoms. The van der Waals surface area contributed by atoms with Crippen LogP contribution in [0.2, 0.25) is 15.1 Å². The molecule has 0 saturated carbocycles. The molecule has 0 bridgehead atoms. The number of benzene rings is 3. The van der Waals surface area contributed by atoms with E-state index in [2.05, 4.69) is 24.8 Å². The number of rotatable bonds is 17. The average Bonchev–Trinajstić information content (AvgIpc) is 3.30. The third-order valence-corrected chi connectivity index (χ3v) is 11.4. The SMILES string of the molecule is CC(C)OC(=O)c1cc(-n2c(=O)cc(C(F)(F)F)n(C)c2=O)ccc1Cl.COc1c(Cl)ccc(Cl)c1C(=O)O.O=C(Nc1nc(OC(F)F)cc(OC(F)F)n1)NS(=O)(=O)c1ccccc1C(=O)O.O=C(O)CNCP(=O)(O)O. The van der Waals surface area contributed by atoms with E-state index >= 15 is 0 Å². The Balaban J connectivity index is 0.000000392. The zero-order valence-corrected chi connectivity index (χ0v) is 43.9. The minimum atomic E-state index is -4.86. The van der Waals surface area contributed by atoms with Crippen molar-refractivity contribution in [2.45, 2.75) is 44.2 Å². The minimum Gasteiger partial charge on any atom is -0.494 e. The van der Waals surface area contributed by atoms with Gasteiger partial charge in [-0.2, -0.15) is 40.7 Å². The standard InChI is InChI=1S/C16H14ClF3N2O4.C14H10F4N4O7S.C8H6Cl2O3.C3H8NO5P/c1-8(2)26-14(24)10-6-9(4-5-11(10)17)22-13(23)7-12(16(18,19)20)21(3)15(22)25;15-11(16)28-8-5-9(29-12(17)18)20-13(19-8)21-14(25)22-30(26,27)7-4-2-1-3-6(7)10(23)24;1-13-7-5(10)3-2-4(9)6(7)8(11)12;5-3(6)1-4-2-10(7,8)9/h4-8H,1-3H3;1-5,11-12H,(H,23,24)(H2,19,20,21,22,25);2-3H,1H3,(H,11,12);4H,1-2H2,(H,5,6)(H2,7,8,9). The van der Waals surface area contributed by atoms with E-state index in [0.717, 1.165) is 25.2 Å². The lowest BCUT2D eigenvalue weighted by atomic mass is 10.2. The number of anilines is 1. The molecule has 0 radical (unpaired) electrons. The monoisotopic (exact) mass is 1230 g/mol. The van der Waals surface area contributed by atoms with Crippen molar-refractivity contribution in [2.75, 3.05) is 25.3 Å². The fourth-order valence-corrected chi connectivity index (χ4v) is 7.58. The van der Waals surface area contributed by atoms with Crippen LogP contribution in [0.3, 0.4) is 0 Å². The first-order chi connectivity index (χ1) is 36.4. The lowest BCUT2D eigenvalue weighted by molar-refractivity contribution is -0.144.